The molecule has 0 aliphatic carbocycles. The number of rotatable bonds is 7. The number of hydrogen-bond donors (Lipinski definition) is 0. The SMILES string of the molecule is COc1ccc(S(=O)(=O)n2cc(CCN(C)C)c3ccccc32)cc1N1CCN(C(=O)C(Cl)(Cl)Cl)CC1. The zero-order chi connectivity index (χ0) is 27.0. The molecule has 12 heteroatoms. The van der Waals surface area contributed by atoms with Crippen molar-refractivity contribution < 1.29 is 17.9 Å². The van der Waals surface area contributed by atoms with Gasteiger partial charge in [0.25, 0.3) is 19.7 Å². The topological polar surface area (TPSA) is 75.1 Å². The predicted molar refractivity (Wildman–Crippen MR) is 149 cm³/mol. The van der Waals surface area contributed by atoms with E-state index in [1.807, 2.05) is 43.3 Å². The average molecular weight is 588 g/mol. The lowest BCUT2D eigenvalue weighted by molar-refractivity contribution is -0.130. The molecule has 0 radical (unpaired) electrons. The van der Waals surface area contributed by atoms with Gasteiger partial charge in [0.15, 0.2) is 0 Å². The summed E-state index contributed by atoms with van der Waals surface area (Å²) in [6.45, 7) is 2.29. The molecule has 8 nitrogen and oxygen atoms in total. The third kappa shape index (κ3) is 5.81. The highest BCUT2D eigenvalue weighted by molar-refractivity contribution is 7.90. The molecular weight excluding hydrogens is 559 g/mol. The molecule has 0 bridgehead atoms. The van der Waals surface area contributed by atoms with Crippen LogP contribution in [-0.4, -0.2) is 85.8 Å². The van der Waals surface area contributed by atoms with Gasteiger partial charge in [0.2, 0.25) is 0 Å². The number of carbonyl (C=O) groups is 1. The van der Waals surface area contributed by atoms with Gasteiger partial charge in [-0.1, -0.05) is 53.0 Å². The fraction of sp³-hybridized carbons (Fsp3) is 0.400. The zero-order valence-electron chi connectivity index (χ0n) is 20.8. The standard InChI is InChI=1S/C25H29Cl3N4O4S/c1-29(2)11-10-18-17-32(21-7-5-4-6-20(18)21)37(34,35)19-8-9-23(36-3)22(16-19)30-12-14-31(15-13-30)24(33)25(26,27)28/h4-9,16-17H,10-15H2,1-3H3. The number of methoxy groups -OCH3 is 1. The summed E-state index contributed by atoms with van der Waals surface area (Å²) in [4.78, 5) is 18.0. The molecule has 0 N–H and O–H groups in total. The van der Waals surface area contributed by atoms with Crippen molar-refractivity contribution in [2.24, 2.45) is 0 Å². The first-order valence-corrected chi connectivity index (χ1v) is 14.3. The van der Waals surface area contributed by atoms with E-state index < -0.39 is 19.7 Å². The quantitative estimate of drug-likeness (QED) is 0.389. The predicted octanol–water partition coefficient (Wildman–Crippen LogP) is 4.01. The van der Waals surface area contributed by atoms with Crippen molar-refractivity contribution in [3.63, 3.8) is 0 Å². The number of carbonyl (C=O) groups excluding carboxylic acids is 1. The number of ether oxygens (including phenoxy) is 1. The van der Waals surface area contributed by atoms with Gasteiger partial charge in [0.05, 0.1) is 23.2 Å². The van der Waals surface area contributed by atoms with Gasteiger partial charge < -0.3 is 19.4 Å². The van der Waals surface area contributed by atoms with E-state index >= 15 is 0 Å². The molecular formula is C25H29Cl3N4O4S. The van der Waals surface area contributed by atoms with Crippen LogP contribution >= 0.6 is 34.8 Å². The Kier molecular flexibility index (Phi) is 8.21. The Morgan fingerprint density at radius 1 is 1.05 bits per heavy atom. The van der Waals surface area contributed by atoms with Gasteiger partial charge in [-0.3, -0.25) is 4.79 Å². The van der Waals surface area contributed by atoms with Crippen molar-refractivity contribution >= 4 is 67.3 Å². The van der Waals surface area contributed by atoms with Crippen LogP contribution in [0.3, 0.4) is 0 Å². The maximum atomic E-state index is 13.9. The van der Waals surface area contributed by atoms with E-state index in [-0.39, 0.29) is 4.90 Å². The molecule has 1 saturated heterocycles. The Hall–Kier alpha value is -2.17. The molecule has 0 unspecified atom stereocenters. The fourth-order valence-corrected chi connectivity index (χ4v) is 6.25. The second-order valence-electron chi connectivity index (χ2n) is 9.14. The Morgan fingerprint density at radius 3 is 2.35 bits per heavy atom. The van der Waals surface area contributed by atoms with Crippen LogP contribution in [0.2, 0.25) is 0 Å². The smallest absolute Gasteiger partial charge is 0.274 e. The third-order valence-corrected chi connectivity index (χ3v) is 8.60. The maximum Gasteiger partial charge on any atom is 0.274 e. The van der Waals surface area contributed by atoms with Crippen molar-refractivity contribution in [3.8, 4) is 5.75 Å². The molecule has 1 aromatic heterocycles. The van der Waals surface area contributed by atoms with Gasteiger partial charge in [0.1, 0.15) is 5.75 Å². The molecule has 2 aromatic carbocycles. The summed E-state index contributed by atoms with van der Waals surface area (Å²) in [6.07, 6.45) is 2.44. The van der Waals surface area contributed by atoms with Crippen molar-refractivity contribution in [2.45, 2.75) is 15.1 Å². The van der Waals surface area contributed by atoms with Crippen molar-refractivity contribution in [1.29, 1.82) is 0 Å². The average Bonchev–Trinajstić information content (AvgIpc) is 3.25. The van der Waals surface area contributed by atoms with Crippen LogP contribution < -0.4 is 9.64 Å². The Morgan fingerprint density at radius 2 is 1.73 bits per heavy atom. The molecule has 0 spiro atoms. The summed E-state index contributed by atoms with van der Waals surface area (Å²) < 4.78 is 32.6. The molecule has 37 heavy (non-hydrogen) atoms. The first-order chi connectivity index (χ1) is 17.4. The lowest BCUT2D eigenvalue weighted by Crippen LogP contribution is -2.51. The largest absolute Gasteiger partial charge is 0.495 e. The number of likely N-dealkylation sites (N-methyl/N-ethyl adjacent to an activating group) is 1. The van der Waals surface area contributed by atoms with Crippen LogP contribution in [0.4, 0.5) is 5.69 Å². The molecule has 0 saturated carbocycles. The summed E-state index contributed by atoms with van der Waals surface area (Å²) >= 11 is 17.3. The van der Waals surface area contributed by atoms with Crippen LogP contribution in [0, 0.1) is 0 Å². The minimum atomic E-state index is -3.91. The van der Waals surface area contributed by atoms with E-state index in [9.17, 15) is 13.2 Å². The summed E-state index contributed by atoms with van der Waals surface area (Å²) in [5, 5.41) is 0.913. The van der Waals surface area contributed by atoms with Crippen LogP contribution in [0.15, 0.2) is 53.6 Å². The Labute approximate surface area is 232 Å². The Bertz CT molecular complexity index is 1390. The number of benzene rings is 2. The summed E-state index contributed by atoms with van der Waals surface area (Å²) in [5.74, 6) is -0.0471. The third-order valence-electron chi connectivity index (χ3n) is 6.45. The molecule has 4 rings (SSSR count). The maximum absolute atomic E-state index is 13.9. The van der Waals surface area contributed by atoms with Crippen molar-refractivity contribution in [1.82, 2.24) is 13.8 Å². The summed E-state index contributed by atoms with van der Waals surface area (Å²) in [7, 11) is 1.60. The molecule has 1 amide bonds. The molecule has 2 heterocycles. The van der Waals surface area contributed by atoms with Crippen molar-refractivity contribution in [2.75, 3.05) is 58.8 Å². The minimum absolute atomic E-state index is 0.142. The minimum Gasteiger partial charge on any atom is -0.495 e. The molecule has 3 aromatic rings. The summed E-state index contributed by atoms with van der Waals surface area (Å²) in [5.41, 5.74) is 2.22. The van der Waals surface area contributed by atoms with E-state index in [0.717, 1.165) is 23.9 Å². The van der Waals surface area contributed by atoms with E-state index in [0.29, 0.717) is 43.1 Å². The van der Waals surface area contributed by atoms with Crippen LogP contribution in [0.1, 0.15) is 5.56 Å². The van der Waals surface area contributed by atoms with Gasteiger partial charge in [-0.2, -0.15) is 0 Å². The van der Waals surface area contributed by atoms with E-state index in [2.05, 4.69) is 4.90 Å². The number of anilines is 1. The zero-order valence-corrected chi connectivity index (χ0v) is 23.9. The molecule has 1 aliphatic heterocycles. The van der Waals surface area contributed by atoms with E-state index in [1.54, 1.807) is 24.4 Å². The van der Waals surface area contributed by atoms with E-state index in [4.69, 9.17) is 39.5 Å². The molecule has 1 fully saturated rings. The highest BCUT2D eigenvalue weighted by Gasteiger charge is 2.37. The fourth-order valence-electron chi connectivity index (χ4n) is 4.48. The summed E-state index contributed by atoms with van der Waals surface area (Å²) in [6, 6.07) is 12.3. The first-order valence-electron chi connectivity index (χ1n) is 11.7. The number of nitrogens with zero attached hydrogens (tertiary/aromatic N) is 4. The number of piperazine rings is 1. The molecule has 200 valence electrons. The van der Waals surface area contributed by atoms with Gasteiger partial charge >= 0.3 is 0 Å². The molecule has 0 atom stereocenters. The van der Waals surface area contributed by atoms with Gasteiger partial charge in [0, 0.05) is 44.3 Å². The number of para-hydroxylation sites is 1. The lowest BCUT2D eigenvalue weighted by Gasteiger charge is -2.37. The van der Waals surface area contributed by atoms with Gasteiger partial charge in [-0.05, 0) is 50.3 Å². The van der Waals surface area contributed by atoms with Crippen LogP contribution in [0.25, 0.3) is 10.9 Å². The van der Waals surface area contributed by atoms with Crippen molar-refractivity contribution in [3.05, 3.63) is 54.2 Å². The number of aromatic nitrogens is 1. The number of fused-ring (bicyclic) bond motifs is 1. The second kappa shape index (κ2) is 10.9. The van der Waals surface area contributed by atoms with Crippen LogP contribution in [0.5, 0.6) is 5.75 Å². The lowest BCUT2D eigenvalue weighted by atomic mass is 10.1. The number of alkyl halides is 3. The second-order valence-corrected chi connectivity index (χ2v) is 13.2. The van der Waals surface area contributed by atoms with E-state index in [1.165, 1.54) is 16.0 Å². The molecule has 1 aliphatic rings. The Balaban J connectivity index is 1.67. The van der Waals surface area contributed by atoms with Gasteiger partial charge in [-0.25, -0.2) is 12.4 Å². The monoisotopic (exact) mass is 586 g/mol. The number of halogens is 3. The highest BCUT2D eigenvalue weighted by Crippen LogP contribution is 2.35. The first kappa shape index (κ1) is 27.9. The number of amides is 1. The normalized spacial score (nSPS) is 15.0. The van der Waals surface area contributed by atoms with Crippen LogP contribution in [-0.2, 0) is 21.2 Å². The number of hydrogen-bond acceptors (Lipinski definition) is 6. The highest BCUT2D eigenvalue weighted by atomic mass is 35.6. The van der Waals surface area contributed by atoms with Gasteiger partial charge in [-0.15, -0.1) is 0 Å².